The van der Waals surface area contributed by atoms with Gasteiger partial charge in [-0.15, -0.1) is 0 Å². The van der Waals surface area contributed by atoms with E-state index in [0.717, 1.165) is 46.8 Å². The normalized spacial score (nSPS) is 65.9. The van der Waals surface area contributed by atoms with Crippen molar-refractivity contribution < 1.29 is 4.79 Å². The van der Waals surface area contributed by atoms with Gasteiger partial charge in [0.1, 0.15) is 0 Å². The minimum absolute atomic E-state index is 0.197. The van der Waals surface area contributed by atoms with Crippen LogP contribution >= 0.6 is 0 Å². The Labute approximate surface area is 103 Å². The van der Waals surface area contributed by atoms with E-state index >= 15 is 0 Å². The fourth-order valence-corrected chi connectivity index (χ4v) is 7.68. The third kappa shape index (κ3) is 0.506. The molecule has 0 saturated heterocycles. The van der Waals surface area contributed by atoms with Gasteiger partial charge in [-0.1, -0.05) is 13.8 Å². The highest BCUT2D eigenvalue weighted by atomic mass is 16.2. The van der Waals surface area contributed by atoms with E-state index in [-0.39, 0.29) is 5.41 Å². The first-order valence-electron chi connectivity index (χ1n) is 7.22. The average Bonchev–Trinajstić information content (AvgIpc) is 2.28. The smallest absolute Gasteiger partial charge is 0.229 e. The van der Waals surface area contributed by atoms with Crippen molar-refractivity contribution in [1.82, 2.24) is 4.90 Å². The standard InChI is InChI=1S/C15H21NO/c1-6(2)5-14-7-10-8(14)12-9(14)11(7)15(10,12)13(17)16(3)4/h6-12H,5H2,1-4H3. The molecular formula is C15H21NO. The first kappa shape index (κ1) is 9.41. The number of amides is 1. The van der Waals surface area contributed by atoms with Gasteiger partial charge in [0, 0.05) is 14.1 Å². The van der Waals surface area contributed by atoms with Crippen molar-refractivity contribution in [1.29, 1.82) is 0 Å². The van der Waals surface area contributed by atoms with Crippen molar-refractivity contribution in [3.05, 3.63) is 0 Å². The summed E-state index contributed by atoms with van der Waals surface area (Å²) in [6.07, 6.45) is 1.45. The molecule has 6 rings (SSSR count). The predicted octanol–water partition coefficient (Wildman–Crippen LogP) is 1.86. The van der Waals surface area contributed by atoms with E-state index in [1.807, 2.05) is 19.0 Å². The predicted molar refractivity (Wildman–Crippen MR) is 64.0 cm³/mol. The molecule has 0 radical (unpaired) electrons. The summed E-state index contributed by atoms with van der Waals surface area (Å²) in [5.41, 5.74) is 0.963. The summed E-state index contributed by atoms with van der Waals surface area (Å²) < 4.78 is 0. The zero-order valence-corrected chi connectivity index (χ0v) is 11.1. The molecule has 0 bridgehead atoms. The van der Waals surface area contributed by atoms with E-state index in [2.05, 4.69) is 13.8 Å². The number of hydrogen-bond acceptors (Lipinski definition) is 1. The molecule has 0 atom stereocenters. The number of carbonyl (C=O) groups excluding carboxylic acids is 1. The van der Waals surface area contributed by atoms with E-state index in [4.69, 9.17) is 0 Å². The summed E-state index contributed by atoms with van der Waals surface area (Å²) in [5.74, 6) is 6.75. The topological polar surface area (TPSA) is 20.3 Å². The molecule has 0 heterocycles. The Kier molecular flexibility index (Phi) is 1.15. The quantitative estimate of drug-likeness (QED) is 0.726. The van der Waals surface area contributed by atoms with E-state index < -0.39 is 0 Å². The van der Waals surface area contributed by atoms with Gasteiger partial charge in [-0.3, -0.25) is 4.79 Å². The Hall–Kier alpha value is -0.530. The lowest BCUT2D eigenvalue weighted by Gasteiger charge is -3.11. The van der Waals surface area contributed by atoms with Gasteiger partial charge >= 0.3 is 0 Å². The molecule has 0 aliphatic heterocycles. The van der Waals surface area contributed by atoms with Gasteiger partial charge in [-0.25, -0.2) is 0 Å². The largest absolute Gasteiger partial charge is 0.348 e. The Morgan fingerprint density at radius 3 is 1.88 bits per heavy atom. The monoisotopic (exact) mass is 231 g/mol. The SMILES string of the molecule is CC(C)CC12C3C4C1C1C2C3C41C(=O)N(C)C. The van der Waals surface area contributed by atoms with Crippen molar-refractivity contribution in [2.24, 2.45) is 52.3 Å². The summed E-state index contributed by atoms with van der Waals surface area (Å²) in [4.78, 5) is 14.2. The molecule has 0 aromatic rings. The summed E-state index contributed by atoms with van der Waals surface area (Å²) >= 11 is 0. The summed E-state index contributed by atoms with van der Waals surface area (Å²) in [5, 5.41) is 0. The second-order valence-electron chi connectivity index (χ2n) is 8.00. The summed E-state index contributed by atoms with van der Waals surface area (Å²) in [7, 11) is 3.88. The van der Waals surface area contributed by atoms with Crippen LogP contribution in [0.25, 0.3) is 0 Å². The highest BCUT2D eigenvalue weighted by Gasteiger charge is 3.10. The van der Waals surface area contributed by atoms with Gasteiger partial charge < -0.3 is 4.90 Å². The molecule has 6 saturated carbocycles. The highest BCUT2D eigenvalue weighted by Crippen LogP contribution is 3.11. The second kappa shape index (κ2) is 2.08. The zero-order chi connectivity index (χ0) is 11.9. The van der Waals surface area contributed by atoms with Crippen molar-refractivity contribution in [3.63, 3.8) is 0 Å². The molecule has 2 nitrogen and oxygen atoms in total. The highest BCUT2D eigenvalue weighted by molar-refractivity contribution is 5.92. The first-order chi connectivity index (χ1) is 8.00. The molecule has 0 aromatic carbocycles. The molecule has 2 heteroatoms. The molecule has 0 N–H and O–H groups in total. The zero-order valence-electron chi connectivity index (χ0n) is 11.1. The second-order valence-corrected chi connectivity index (χ2v) is 8.00. The van der Waals surface area contributed by atoms with Crippen LogP contribution in [0.15, 0.2) is 0 Å². The third-order valence-electron chi connectivity index (χ3n) is 7.38. The number of rotatable bonds is 3. The van der Waals surface area contributed by atoms with Gasteiger partial charge in [-0.05, 0) is 53.3 Å². The average molecular weight is 231 g/mol. The van der Waals surface area contributed by atoms with Crippen molar-refractivity contribution in [2.75, 3.05) is 14.1 Å². The van der Waals surface area contributed by atoms with Crippen molar-refractivity contribution >= 4 is 5.91 Å². The van der Waals surface area contributed by atoms with Crippen LogP contribution in [0.5, 0.6) is 0 Å². The van der Waals surface area contributed by atoms with Crippen LogP contribution in [-0.4, -0.2) is 24.9 Å². The minimum Gasteiger partial charge on any atom is -0.348 e. The van der Waals surface area contributed by atoms with Gasteiger partial charge in [0.2, 0.25) is 5.91 Å². The van der Waals surface area contributed by atoms with Gasteiger partial charge in [0.25, 0.3) is 0 Å². The van der Waals surface area contributed by atoms with Crippen LogP contribution in [0.3, 0.4) is 0 Å². The first-order valence-corrected chi connectivity index (χ1v) is 7.22. The van der Waals surface area contributed by atoms with Crippen molar-refractivity contribution in [2.45, 2.75) is 20.3 Å². The molecule has 92 valence electrons. The number of hydrogen-bond donors (Lipinski definition) is 0. The fourth-order valence-electron chi connectivity index (χ4n) is 7.68. The maximum absolute atomic E-state index is 12.4. The maximum Gasteiger partial charge on any atom is 0.229 e. The molecule has 0 aromatic heterocycles. The number of nitrogens with zero attached hydrogens (tertiary/aromatic N) is 1. The van der Waals surface area contributed by atoms with E-state index in [9.17, 15) is 4.79 Å². The Bertz CT molecular complexity index is 410. The Balaban J connectivity index is 1.46. The Morgan fingerprint density at radius 2 is 1.53 bits per heavy atom. The molecule has 1 amide bonds. The lowest BCUT2D eigenvalue weighted by Crippen LogP contribution is -3.11. The molecule has 6 aliphatic rings. The molecule has 17 heavy (non-hydrogen) atoms. The van der Waals surface area contributed by atoms with Crippen molar-refractivity contribution in [3.8, 4) is 0 Å². The molecule has 6 fully saturated rings. The van der Waals surface area contributed by atoms with Crippen LogP contribution in [0, 0.1) is 52.3 Å². The van der Waals surface area contributed by atoms with Crippen LogP contribution in [0.2, 0.25) is 0 Å². The minimum atomic E-state index is 0.197. The molecule has 6 aliphatic carbocycles. The maximum atomic E-state index is 12.4. The van der Waals surface area contributed by atoms with Crippen LogP contribution in [0.1, 0.15) is 20.3 Å². The Morgan fingerprint density at radius 1 is 1.06 bits per heavy atom. The molecule has 0 unspecified atom stereocenters. The number of carbonyl (C=O) groups is 1. The lowest BCUT2D eigenvalue weighted by molar-refractivity contribution is -0.644. The van der Waals surface area contributed by atoms with E-state index in [1.165, 1.54) is 6.42 Å². The van der Waals surface area contributed by atoms with Gasteiger partial charge in [-0.2, -0.15) is 0 Å². The third-order valence-corrected chi connectivity index (χ3v) is 7.38. The summed E-state index contributed by atoms with van der Waals surface area (Å²) in [6.45, 7) is 4.73. The lowest BCUT2D eigenvalue weighted by atomic mass is 8.92. The van der Waals surface area contributed by atoms with Gasteiger partial charge in [0.15, 0.2) is 0 Å². The van der Waals surface area contributed by atoms with Gasteiger partial charge in [0.05, 0.1) is 5.41 Å². The molecular weight excluding hydrogens is 210 g/mol. The van der Waals surface area contributed by atoms with Crippen LogP contribution < -0.4 is 0 Å². The van der Waals surface area contributed by atoms with Crippen LogP contribution in [-0.2, 0) is 4.79 Å². The fraction of sp³-hybridized carbons (Fsp3) is 0.933. The summed E-state index contributed by atoms with van der Waals surface area (Å²) in [6, 6.07) is 0. The van der Waals surface area contributed by atoms with E-state index in [1.54, 1.807) is 0 Å². The molecule has 0 spiro atoms. The van der Waals surface area contributed by atoms with Crippen LogP contribution in [0.4, 0.5) is 0 Å². The van der Waals surface area contributed by atoms with E-state index in [0.29, 0.717) is 5.91 Å².